The van der Waals surface area contributed by atoms with Crippen LogP contribution in [0.2, 0.25) is 0 Å². The maximum atomic E-state index is 12.5. The van der Waals surface area contributed by atoms with Crippen molar-refractivity contribution in [3.05, 3.63) is 46.8 Å². The topological polar surface area (TPSA) is 55.6 Å². The first-order chi connectivity index (χ1) is 11.0. The molecule has 1 aromatic carbocycles. The highest BCUT2D eigenvalue weighted by Crippen LogP contribution is 2.16. The summed E-state index contributed by atoms with van der Waals surface area (Å²) >= 11 is 0. The van der Waals surface area contributed by atoms with E-state index in [0.717, 1.165) is 28.3 Å². The number of amides is 1. The monoisotopic (exact) mass is 316 g/mol. The van der Waals surface area contributed by atoms with Crippen LogP contribution in [0.3, 0.4) is 0 Å². The van der Waals surface area contributed by atoms with Gasteiger partial charge >= 0.3 is 0 Å². The minimum atomic E-state index is 0.142. The SMILES string of the molecule is CCN(Cc1ccc(OC)cc1)C(=O)CCc1c(C)noc1C. The fourth-order valence-electron chi connectivity index (χ4n) is 2.58. The molecule has 0 aliphatic heterocycles. The van der Waals surface area contributed by atoms with Gasteiger partial charge in [-0.3, -0.25) is 4.79 Å². The Morgan fingerprint density at radius 3 is 2.48 bits per heavy atom. The fraction of sp³-hybridized carbons (Fsp3) is 0.444. The van der Waals surface area contributed by atoms with Crippen LogP contribution in [0, 0.1) is 13.8 Å². The average Bonchev–Trinajstić information content (AvgIpc) is 2.89. The summed E-state index contributed by atoms with van der Waals surface area (Å²) in [6.07, 6.45) is 1.13. The summed E-state index contributed by atoms with van der Waals surface area (Å²) in [6, 6.07) is 7.81. The normalized spacial score (nSPS) is 10.6. The Morgan fingerprint density at radius 1 is 1.26 bits per heavy atom. The quantitative estimate of drug-likeness (QED) is 0.786. The van der Waals surface area contributed by atoms with Crippen molar-refractivity contribution in [3.63, 3.8) is 0 Å². The van der Waals surface area contributed by atoms with E-state index in [9.17, 15) is 4.79 Å². The number of carbonyl (C=O) groups excluding carboxylic acids is 1. The standard InChI is InChI=1S/C18H24N2O3/c1-5-20(12-15-6-8-16(22-4)9-7-15)18(21)11-10-17-13(2)19-23-14(17)3/h6-9H,5,10-12H2,1-4H3. The third-order valence-corrected chi connectivity index (χ3v) is 4.04. The summed E-state index contributed by atoms with van der Waals surface area (Å²) in [5.74, 6) is 1.76. The Hall–Kier alpha value is -2.30. The predicted molar refractivity (Wildman–Crippen MR) is 88.4 cm³/mol. The molecule has 23 heavy (non-hydrogen) atoms. The van der Waals surface area contributed by atoms with Crippen molar-refractivity contribution in [1.82, 2.24) is 10.1 Å². The van der Waals surface area contributed by atoms with Crippen molar-refractivity contribution in [1.29, 1.82) is 0 Å². The minimum Gasteiger partial charge on any atom is -0.497 e. The second-order valence-electron chi connectivity index (χ2n) is 5.56. The van der Waals surface area contributed by atoms with E-state index in [1.165, 1.54) is 0 Å². The third kappa shape index (κ3) is 4.34. The fourth-order valence-corrected chi connectivity index (χ4v) is 2.58. The summed E-state index contributed by atoms with van der Waals surface area (Å²) in [5.41, 5.74) is 3.01. The van der Waals surface area contributed by atoms with E-state index in [2.05, 4.69) is 5.16 Å². The van der Waals surface area contributed by atoms with E-state index < -0.39 is 0 Å². The van der Waals surface area contributed by atoms with Gasteiger partial charge in [-0.15, -0.1) is 0 Å². The van der Waals surface area contributed by atoms with Crippen molar-refractivity contribution < 1.29 is 14.1 Å². The number of nitrogens with zero attached hydrogens (tertiary/aromatic N) is 2. The van der Waals surface area contributed by atoms with Crippen molar-refractivity contribution in [2.24, 2.45) is 0 Å². The molecule has 0 N–H and O–H groups in total. The van der Waals surface area contributed by atoms with Crippen molar-refractivity contribution in [2.45, 2.75) is 40.2 Å². The lowest BCUT2D eigenvalue weighted by Crippen LogP contribution is -2.30. The molecule has 5 heteroatoms. The molecule has 0 aliphatic carbocycles. The van der Waals surface area contributed by atoms with Crippen LogP contribution in [0.15, 0.2) is 28.8 Å². The molecule has 1 aromatic heterocycles. The van der Waals surface area contributed by atoms with Gasteiger partial charge in [-0.2, -0.15) is 0 Å². The first kappa shape index (κ1) is 17.1. The lowest BCUT2D eigenvalue weighted by Gasteiger charge is -2.21. The summed E-state index contributed by atoms with van der Waals surface area (Å²) in [4.78, 5) is 14.3. The van der Waals surface area contributed by atoms with Gasteiger partial charge in [0, 0.05) is 25.1 Å². The Bertz CT molecular complexity index is 627. The van der Waals surface area contributed by atoms with E-state index >= 15 is 0 Å². The highest BCUT2D eigenvalue weighted by molar-refractivity contribution is 5.76. The van der Waals surface area contributed by atoms with E-state index in [1.54, 1.807) is 7.11 Å². The third-order valence-electron chi connectivity index (χ3n) is 4.04. The van der Waals surface area contributed by atoms with Crippen molar-refractivity contribution >= 4 is 5.91 Å². The molecular weight excluding hydrogens is 292 g/mol. The first-order valence-corrected chi connectivity index (χ1v) is 7.87. The summed E-state index contributed by atoms with van der Waals surface area (Å²) in [7, 11) is 1.64. The molecule has 0 unspecified atom stereocenters. The van der Waals surface area contributed by atoms with Crippen LogP contribution >= 0.6 is 0 Å². The molecule has 0 fully saturated rings. The van der Waals surface area contributed by atoms with Crippen LogP contribution in [0.25, 0.3) is 0 Å². The van der Waals surface area contributed by atoms with E-state index in [1.807, 2.05) is 49.9 Å². The number of carbonyl (C=O) groups is 1. The predicted octanol–water partition coefficient (Wildman–Crippen LogP) is 3.28. The molecule has 0 bridgehead atoms. The van der Waals surface area contributed by atoms with Gasteiger partial charge in [0.15, 0.2) is 0 Å². The maximum Gasteiger partial charge on any atom is 0.223 e. The van der Waals surface area contributed by atoms with Gasteiger partial charge in [-0.1, -0.05) is 17.3 Å². The van der Waals surface area contributed by atoms with Crippen LogP contribution < -0.4 is 4.74 Å². The zero-order valence-corrected chi connectivity index (χ0v) is 14.3. The number of benzene rings is 1. The Morgan fingerprint density at radius 2 is 1.96 bits per heavy atom. The van der Waals surface area contributed by atoms with Gasteiger partial charge in [-0.25, -0.2) is 0 Å². The first-order valence-electron chi connectivity index (χ1n) is 7.87. The number of hydrogen-bond acceptors (Lipinski definition) is 4. The summed E-state index contributed by atoms with van der Waals surface area (Å²) in [5, 5.41) is 3.93. The molecule has 0 aliphatic rings. The van der Waals surface area contributed by atoms with Gasteiger partial charge in [0.25, 0.3) is 0 Å². The van der Waals surface area contributed by atoms with Gasteiger partial charge in [0.1, 0.15) is 11.5 Å². The molecule has 0 spiro atoms. The lowest BCUT2D eigenvalue weighted by atomic mass is 10.1. The van der Waals surface area contributed by atoms with E-state index in [-0.39, 0.29) is 5.91 Å². The summed E-state index contributed by atoms with van der Waals surface area (Å²) in [6.45, 7) is 7.09. The maximum absolute atomic E-state index is 12.5. The highest BCUT2D eigenvalue weighted by atomic mass is 16.5. The molecule has 1 heterocycles. The van der Waals surface area contributed by atoms with Crippen LogP contribution in [-0.2, 0) is 17.8 Å². The molecule has 2 aromatic rings. The smallest absolute Gasteiger partial charge is 0.223 e. The van der Waals surface area contributed by atoms with Crippen LogP contribution in [0.5, 0.6) is 5.75 Å². The van der Waals surface area contributed by atoms with Crippen molar-refractivity contribution in [2.75, 3.05) is 13.7 Å². The van der Waals surface area contributed by atoms with Crippen LogP contribution in [0.1, 0.15) is 35.9 Å². The van der Waals surface area contributed by atoms with E-state index in [4.69, 9.17) is 9.26 Å². The van der Waals surface area contributed by atoms with Crippen LogP contribution in [-0.4, -0.2) is 29.6 Å². The summed E-state index contributed by atoms with van der Waals surface area (Å²) < 4.78 is 10.3. The largest absolute Gasteiger partial charge is 0.497 e. The molecule has 5 nitrogen and oxygen atoms in total. The zero-order chi connectivity index (χ0) is 16.8. The molecule has 0 radical (unpaired) electrons. The molecule has 0 saturated heterocycles. The number of hydrogen-bond donors (Lipinski definition) is 0. The number of rotatable bonds is 7. The molecule has 0 saturated carbocycles. The van der Waals surface area contributed by atoms with Gasteiger partial charge in [0.05, 0.1) is 12.8 Å². The lowest BCUT2D eigenvalue weighted by molar-refractivity contribution is -0.131. The Labute approximate surface area is 137 Å². The number of aromatic nitrogens is 1. The van der Waals surface area contributed by atoms with Gasteiger partial charge < -0.3 is 14.2 Å². The van der Waals surface area contributed by atoms with Gasteiger partial charge in [0.2, 0.25) is 5.91 Å². The number of aryl methyl sites for hydroxylation is 2. The van der Waals surface area contributed by atoms with Crippen molar-refractivity contribution in [3.8, 4) is 5.75 Å². The molecule has 2 rings (SSSR count). The second-order valence-corrected chi connectivity index (χ2v) is 5.56. The Kier molecular flexibility index (Phi) is 5.79. The average molecular weight is 316 g/mol. The molecular formula is C18H24N2O3. The second kappa shape index (κ2) is 7.81. The van der Waals surface area contributed by atoms with E-state index in [0.29, 0.717) is 25.9 Å². The number of methoxy groups -OCH3 is 1. The molecule has 124 valence electrons. The minimum absolute atomic E-state index is 0.142. The number of ether oxygens (including phenoxy) is 1. The Balaban J connectivity index is 1.95. The van der Waals surface area contributed by atoms with Gasteiger partial charge in [-0.05, 0) is 44.9 Å². The molecule has 0 atom stereocenters. The van der Waals surface area contributed by atoms with Crippen LogP contribution in [0.4, 0.5) is 0 Å². The highest BCUT2D eigenvalue weighted by Gasteiger charge is 2.15. The zero-order valence-electron chi connectivity index (χ0n) is 14.3. The molecule has 1 amide bonds.